The van der Waals surface area contributed by atoms with Gasteiger partial charge in [-0.25, -0.2) is 18.2 Å². The van der Waals surface area contributed by atoms with Crippen LogP contribution in [0.15, 0.2) is 48.5 Å². The molecule has 2 aromatic carbocycles. The van der Waals surface area contributed by atoms with Crippen LogP contribution in [0.5, 0.6) is 5.75 Å². The van der Waals surface area contributed by atoms with Crippen molar-refractivity contribution in [3.8, 4) is 5.75 Å². The summed E-state index contributed by atoms with van der Waals surface area (Å²) in [5.74, 6) is -0.951. The minimum absolute atomic E-state index is 0.00412. The van der Waals surface area contributed by atoms with E-state index in [2.05, 4.69) is 25.0 Å². The molecule has 0 saturated carbocycles. The maximum absolute atomic E-state index is 13.6. The van der Waals surface area contributed by atoms with Crippen molar-refractivity contribution in [1.29, 1.82) is 0 Å². The van der Waals surface area contributed by atoms with Crippen LogP contribution in [0.3, 0.4) is 0 Å². The molecule has 1 saturated heterocycles. The summed E-state index contributed by atoms with van der Waals surface area (Å²) in [4.78, 5) is 38.8. The minimum Gasteiger partial charge on any atom is -0.487 e. The maximum atomic E-state index is 13.6. The lowest BCUT2D eigenvalue weighted by molar-refractivity contribution is -0.157. The van der Waals surface area contributed by atoms with Crippen LogP contribution in [-0.4, -0.2) is 69.1 Å². The van der Waals surface area contributed by atoms with E-state index in [1.165, 1.54) is 0 Å². The number of esters is 1. The number of hydrogen-bond acceptors (Lipinski definition) is 8. The molecule has 1 heterocycles. The molecule has 45 heavy (non-hydrogen) atoms. The van der Waals surface area contributed by atoms with E-state index in [1.807, 2.05) is 30.3 Å². The van der Waals surface area contributed by atoms with Gasteiger partial charge in [-0.2, -0.15) is 8.42 Å². The molecule has 1 atom stereocenters. The Kier molecular flexibility index (Phi) is 11.0. The molecule has 2 amide bonds. The Labute approximate surface area is 268 Å². The first-order chi connectivity index (χ1) is 20.6. The number of ether oxygens (including phenoxy) is 3. The molecule has 13 heteroatoms. The van der Waals surface area contributed by atoms with Crippen molar-refractivity contribution in [2.75, 3.05) is 17.4 Å². The molecule has 1 aliphatic heterocycles. The van der Waals surface area contributed by atoms with Gasteiger partial charge in [-0.3, -0.25) is 4.79 Å². The zero-order chi connectivity index (χ0) is 33.8. The highest BCUT2D eigenvalue weighted by Gasteiger charge is 2.44. The van der Waals surface area contributed by atoms with Crippen molar-refractivity contribution in [1.82, 2.24) is 9.62 Å². The fourth-order valence-corrected chi connectivity index (χ4v) is 7.02. The van der Waals surface area contributed by atoms with Gasteiger partial charge in [0.2, 0.25) is 0 Å². The van der Waals surface area contributed by atoms with E-state index in [0.29, 0.717) is 11.6 Å². The normalized spacial score (nSPS) is 15.9. The second-order valence-electron chi connectivity index (χ2n) is 14.3. The van der Waals surface area contributed by atoms with Gasteiger partial charge in [-0.05, 0) is 70.8 Å². The third kappa shape index (κ3) is 10.8. The number of benzene rings is 2. The molecular weight excluding hydrogens is 615 g/mol. The average molecular weight is 662 g/mol. The van der Waals surface area contributed by atoms with Crippen molar-refractivity contribution < 1.29 is 37.0 Å². The first kappa shape index (κ1) is 35.9. The van der Waals surface area contributed by atoms with E-state index in [9.17, 15) is 22.8 Å². The standard InChI is InChI=1S/C32H47N3O8SSi/c1-31(2,3)42-29(37)25(33-30(38)43-32(4,5)6)19-24-15-16-26(27(20-24)41-22-23-13-11-10-12-14-23)35-21-28(36)34(44(35,39)40)17-18-45(7,8)9/h10-16,20,25H,17-19,21-22H2,1-9H3,(H,33,38)/t25-/m0/s1. The van der Waals surface area contributed by atoms with Crippen LogP contribution in [-0.2, 0) is 42.3 Å². The highest BCUT2D eigenvalue weighted by atomic mass is 32.2. The fourth-order valence-electron chi connectivity index (χ4n) is 4.41. The molecule has 1 fully saturated rings. The smallest absolute Gasteiger partial charge is 0.408 e. The number of carbonyl (C=O) groups is 3. The molecule has 0 aromatic heterocycles. The summed E-state index contributed by atoms with van der Waals surface area (Å²) in [5.41, 5.74) is 0.0185. The third-order valence-electron chi connectivity index (χ3n) is 6.53. The minimum atomic E-state index is -4.15. The number of nitrogens with zero attached hydrogens (tertiary/aromatic N) is 2. The number of alkyl carbamates (subject to hydrolysis) is 1. The van der Waals surface area contributed by atoms with E-state index in [0.717, 1.165) is 14.2 Å². The van der Waals surface area contributed by atoms with Crippen LogP contribution in [0.1, 0.15) is 52.7 Å². The maximum Gasteiger partial charge on any atom is 0.408 e. The van der Waals surface area contributed by atoms with E-state index in [1.54, 1.807) is 59.7 Å². The predicted octanol–water partition coefficient (Wildman–Crippen LogP) is 5.27. The summed E-state index contributed by atoms with van der Waals surface area (Å²) < 4.78 is 46.4. The van der Waals surface area contributed by atoms with E-state index in [4.69, 9.17) is 14.2 Å². The van der Waals surface area contributed by atoms with Crippen LogP contribution >= 0.6 is 0 Å². The Morgan fingerprint density at radius 1 is 0.933 bits per heavy atom. The Hall–Kier alpha value is -3.58. The van der Waals surface area contributed by atoms with Gasteiger partial charge in [0.1, 0.15) is 36.1 Å². The Morgan fingerprint density at radius 2 is 1.56 bits per heavy atom. The lowest BCUT2D eigenvalue weighted by Gasteiger charge is -2.27. The summed E-state index contributed by atoms with van der Waals surface area (Å²) >= 11 is 0. The van der Waals surface area contributed by atoms with E-state index < -0.39 is 53.5 Å². The number of nitrogens with one attached hydrogen (secondary N) is 1. The van der Waals surface area contributed by atoms with Gasteiger partial charge >= 0.3 is 22.3 Å². The molecule has 0 aliphatic carbocycles. The highest BCUT2D eigenvalue weighted by molar-refractivity contribution is 7.91. The number of anilines is 1. The summed E-state index contributed by atoms with van der Waals surface area (Å²) in [6.45, 7) is 16.6. The van der Waals surface area contributed by atoms with Gasteiger partial charge in [0.15, 0.2) is 0 Å². The molecule has 11 nitrogen and oxygen atoms in total. The van der Waals surface area contributed by atoms with Crippen molar-refractivity contribution in [3.63, 3.8) is 0 Å². The first-order valence-corrected chi connectivity index (χ1v) is 20.1. The summed E-state index contributed by atoms with van der Waals surface area (Å²) in [6, 6.07) is 13.7. The second kappa shape index (κ2) is 13.8. The van der Waals surface area contributed by atoms with Gasteiger partial charge in [0, 0.05) is 21.0 Å². The van der Waals surface area contributed by atoms with Crippen molar-refractivity contribution in [3.05, 3.63) is 59.7 Å². The molecular formula is C32H47N3O8SSi. The molecule has 1 N–H and O–H groups in total. The number of hydrogen-bond donors (Lipinski definition) is 1. The largest absolute Gasteiger partial charge is 0.487 e. The number of carbonyl (C=O) groups excluding carboxylic acids is 3. The van der Waals surface area contributed by atoms with Gasteiger partial charge in [-0.15, -0.1) is 0 Å². The van der Waals surface area contributed by atoms with Crippen molar-refractivity contribution >= 4 is 41.9 Å². The van der Waals surface area contributed by atoms with Crippen LogP contribution in [0.2, 0.25) is 25.7 Å². The highest BCUT2D eigenvalue weighted by Crippen LogP contribution is 2.36. The van der Waals surface area contributed by atoms with Crippen molar-refractivity contribution in [2.24, 2.45) is 0 Å². The average Bonchev–Trinajstić information content (AvgIpc) is 3.11. The van der Waals surface area contributed by atoms with Crippen LogP contribution in [0.4, 0.5) is 10.5 Å². The molecule has 3 rings (SSSR count). The monoisotopic (exact) mass is 661 g/mol. The molecule has 2 aromatic rings. The topological polar surface area (TPSA) is 132 Å². The zero-order valence-electron chi connectivity index (χ0n) is 27.8. The second-order valence-corrected chi connectivity index (χ2v) is 21.7. The Balaban J connectivity index is 1.98. The van der Waals surface area contributed by atoms with Gasteiger partial charge < -0.3 is 19.5 Å². The van der Waals surface area contributed by atoms with Gasteiger partial charge in [-0.1, -0.05) is 56.0 Å². The first-order valence-electron chi connectivity index (χ1n) is 15.0. The summed E-state index contributed by atoms with van der Waals surface area (Å²) in [5, 5.41) is 2.61. The summed E-state index contributed by atoms with van der Waals surface area (Å²) in [7, 11) is -5.78. The SMILES string of the molecule is CC(C)(C)OC(=O)N[C@@H](Cc1ccc(N2CC(=O)N(CC[Si](C)(C)C)S2(=O)=O)c(OCc2ccccc2)c1)C(=O)OC(C)(C)C. The lowest BCUT2D eigenvalue weighted by atomic mass is 10.0. The molecule has 0 unspecified atom stereocenters. The van der Waals surface area contributed by atoms with Crippen LogP contribution in [0, 0.1) is 0 Å². The zero-order valence-corrected chi connectivity index (χ0v) is 29.6. The Morgan fingerprint density at radius 3 is 2.13 bits per heavy atom. The number of amides is 2. The summed E-state index contributed by atoms with van der Waals surface area (Å²) in [6.07, 6.45) is -0.778. The van der Waals surface area contributed by atoms with E-state index >= 15 is 0 Å². The lowest BCUT2D eigenvalue weighted by Crippen LogP contribution is -2.47. The van der Waals surface area contributed by atoms with Gasteiger partial charge in [0.25, 0.3) is 5.91 Å². The number of rotatable bonds is 11. The molecule has 0 spiro atoms. The third-order valence-corrected chi connectivity index (χ3v) is 10.1. The molecule has 1 aliphatic rings. The van der Waals surface area contributed by atoms with Gasteiger partial charge in [0.05, 0.1) is 5.69 Å². The van der Waals surface area contributed by atoms with E-state index in [-0.39, 0.29) is 37.6 Å². The van der Waals surface area contributed by atoms with Crippen LogP contribution < -0.4 is 14.4 Å². The predicted molar refractivity (Wildman–Crippen MR) is 176 cm³/mol. The Bertz CT molecular complexity index is 1480. The molecule has 0 radical (unpaired) electrons. The quantitative estimate of drug-likeness (QED) is 0.254. The molecule has 0 bridgehead atoms. The fraction of sp³-hybridized carbons (Fsp3) is 0.531. The molecule has 248 valence electrons. The van der Waals surface area contributed by atoms with Crippen LogP contribution in [0.25, 0.3) is 0 Å². The van der Waals surface area contributed by atoms with Crippen molar-refractivity contribution in [2.45, 2.75) is 97.5 Å².